The van der Waals surface area contributed by atoms with E-state index in [1.165, 1.54) is 0 Å². The highest BCUT2D eigenvalue weighted by Gasteiger charge is 2.42. The number of rotatable bonds is 5. The summed E-state index contributed by atoms with van der Waals surface area (Å²) < 4.78 is 5.54. The minimum Gasteiger partial charge on any atom is -0.465 e. The molecule has 156 valence electrons. The van der Waals surface area contributed by atoms with E-state index in [4.69, 9.17) is 4.42 Å². The Kier molecular flexibility index (Phi) is 4.62. The Bertz CT molecular complexity index is 1290. The highest BCUT2D eigenvalue weighted by atomic mass is 16.3. The highest BCUT2D eigenvalue weighted by Crippen LogP contribution is 2.42. The summed E-state index contributed by atoms with van der Waals surface area (Å²) >= 11 is 0. The van der Waals surface area contributed by atoms with Crippen LogP contribution in [0.1, 0.15) is 46.0 Å². The Morgan fingerprint density at radius 1 is 1.10 bits per heavy atom. The Morgan fingerprint density at radius 2 is 1.87 bits per heavy atom. The number of hydrogen-bond acceptors (Lipinski definition) is 3. The zero-order valence-corrected chi connectivity index (χ0v) is 17.4. The predicted molar refractivity (Wildman–Crippen MR) is 118 cm³/mol. The molecule has 2 amide bonds. The molecule has 2 aromatic carbocycles. The molecule has 31 heavy (non-hydrogen) atoms. The second-order valence-electron chi connectivity index (χ2n) is 7.90. The third kappa shape index (κ3) is 3.20. The van der Waals surface area contributed by atoms with Crippen molar-refractivity contribution in [1.29, 1.82) is 0 Å². The minimum absolute atomic E-state index is 0.137. The van der Waals surface area contributed by atoms with Gasteiger partial charge in [-0.3, -0.25) is 9.59 Å². The summed E-state index contributed by atoms with van der Waals surface area (Å²) in [6.45, 7) is 3.91. The van der Waals surface area contributed by atoms with Gasteiger partial charge < -0.3 is 19.6 Å². The zero-order valence-electron chi connectivity index (χ0n) is 17.4. The van der Waals surface area contributed by atoms with Crippen LogP contribution in [0.4, 0.5) is 0 Å². The smallest absolute Gasteiger partial charge is 0.255 e. The molecule has 5 rings (SSSR count). The lowest BCUT2D eigenvalue weighted by molar-refractivity contribution is -0.125. The van der Waals surface area contributed by atoms with Crippen LogP contribution in [0, 0.1) is 6.92 Å². The molecule has 6 nitrogen and oxygen atoms in total. The number of benzene rings is 2. The fourth-order valence-electron chi connectivity index (χ4n) is 4.40. The number of aromatic nitrogens is 1. The SMILES string of the molecule is Cc1ccc(CNC(=O)[C@@H](C)N2C(=O)c3ccccc3[C@@H]2c2c[nH]c3ccccc23)o1. The number of carbonyl (C=O) groups excluding carboxylic acids is 2. The van der Waals surface area contributed by atoms with Gasteiger partial charge >= 0.3 is 0 Å². The number of aryl methyl sites for hydroxylation is 1. The van der Waals surface area contributed by atoms with Crippen molar-refractivity contribution in [3.05, 3.63) is 95.1 Å². The van der Waals surface area contributed by atoms with Gasteiger partial charge in [-0.2, -0.15) is 0 Å². The molecule has 0 saturated carbocycles. The van der Waals surface area contributed by atoms with Gasteiger partial charge in [-0.05, 0) is 43.7 Å². The summed E-state index contributed by atoms with van der Waals surface area (Å²) in [7, 11) is 0. The number of carbonyl (C=O) groups is 2. The van der Waals surface area contributed by atoms with Crippen LogP contribution in [-0.2, 0) is 11.3 Å². The fourth-order valence-corrected chi connectivity index (χ4v) is 4.40. The van der Waals surface area contributed by atoms with E-state index in [2.05, 4.69) is 10.3 Å². The Labute approximate surface area is 179 Å². The predicted octanol–water partition coefficient (Wildman–Crippen LogP) is 4.32. The molecule has 2 atom stereocenters. The van der Waals surface area contributed by atoms with Crippen LogP contribution in [0.15, 0.2) is 71.3 Å². The summed E-state index contributed by atoms with van der Waals surface area (Å²) in [5.41, 5.74) is 3.53. The molecule has 2 aromatic heterocycles. The molecule has 2 N–H and O–H groups in total. The number of nitrogens with one attached hydrogen (secondary N) is 2. The third-order valence-corrected chi connectivity index (χ3v) is 5.94. The normalized spacial score (nSPS) is 16.5. The monoisotopic (exact) mass is 413 g/mol. The summed E-state index contributed by atoms with van der Waals surface area (Å²) in [5, 5.41) is 3.95. The third-order valence-electron chi connectivity index (χ3n) is 5.94. The molecule has 0 fully saturated rings. The van der Waals surface area contributed by atoms with Crippen molar-refractivity contribution in [1.82, 2.24) is 15.2 Å². The first-order valence-electron chi connectivity index (χ1n) is 10.3. The molecule has 1 aliphatic heterocycles. The minimum atomic E-state index is -0.658. The number of para-hydroxylation sites is 1. The van der Waals surface area contributed by atoms with Crippen molar-refractivity contribution in [3.63, 3.8) is 0 Å². The van der Waals surface area contributed by atoms with Gasteiger partial charge in [-0.15, -0.1) is 0 Å². The Balaban J connectivity index is 1.50. The number of H-pyrrole nitrogens is 1. The lowest BCUT2D eigenvalue weighted by Crippen LogP contribution is -2.46. The molecule has 0 radical (unpaired) electrons. The van der Waals surface area contributed by atoms with E-state index in [-0.39, 0.29) is 24.4 Å². The van der Waals surface area contributed by atoms with Crippen molar-refractivity contribution >= 4 is 22.7 Å². The van der Waals surface area contributed by atoms with Crippen molar-refractivity contribution in [2.24, 2.45) is 0 Å². The van der Waals surface area contributed by atoms with Crippen LogP contribution in [0.3, 0.4) is 0 Å². The van der Waals surface area contributed by atoms with E-state index in [1.54, 1.807) is 11.8 Å². The molecule has 0 unspecified atom stereocenters. The van der Waals surface area contributed by atoms with Gasteiger partial charge in [0.05, 0.1) is 12.6 Å². The van der Waals surface area contributed by atoms with Crippen LogP contribution in [0.5, 0.6) is 0 Å². The van der Waals surface area contributed by atoms with Crippen molar-refractivity contribution in [2.45, 2.75) is 32.5 Å². The van der Waals surface area contributed by atoms with Gasteiger partial charge in [0.15, 0.2) is 0 Å². The number of fused-ring (bicyclic) bond motifs is 2. The quantitative estimate of drug-likeness (QED) is 0.511. The lowest BCUT2D eigenvalue weighted by Gasteiger charge is -2.30. The first-order chi connectivity index (χ1) is 15.0. The van der Waals surface area contributed by atoms with Gasteiger partial charge in [0.25, 0.3) is 5.91 Å². The van der Waals surface area contributed by atoms with E-state index in [9.17, 15) is 9.59 Å². The largest absolute Gasteiger partial charge is 0.465 e. The summed E-state index contributed by atoms with van der Waals surface area (Å²) in [4.78, 5) is 31.4. The van der Waals surface area contributed by atoms with Crippen LogP contribution >= 0.6 is 0 Å². The van der Waals surface area contributed by atoms with Crippen LogP contribution in [0.2, 0.25) is 0 Å². The second-order valence-corrected chi connectivity index (χ2v) is 7.90. The average Bonchev–Trinajstić information content (AvgIpc) is 3.47. The molecule has 0 spiro atoms. The van der Waals surface area contributed by atoms with Crippen LogP contribution < -0.4 is 5.32 Å². The molecular formula is C25H23N3O3. The molecule has 6 heteroatoms. The van der Waals surface area contributed by atoms with Crippen molar-refractivity contribution < 1.29 is 14.0 Å². The van der Waals surface area contributed by atoms with E-state index >= 15 is 0 Å². The van der Waals surface area contributed by atoms with Gasteiger partial charge in [-0.1, -0.05) is 36.4 Å². The molecule has 4 aromatic rings. The number of aromatic amines is 1. The second kappa shape index (κ2) is 7.47. The summed E-state index contributed by atoms with van der Waals surface area (Å²) in [5.74, 6) is 1.12. The van der Waals surface area contributed by atoms with Crippen molar-refractivity contribution in [3.8, 4) is 0 Å². The first-order valence-corrected chi connectivity index (χ1v) is 10.3. The number of hydrogen-bond donors (Lipinski definition) is 2. The number of nitrogens with zero attached hydrogens (tertiary/aromatic N) is 1. The maximum atomic E-state index is 13.4. The van der Waals surface area contributed by atoms with E-state index < -0.39 is 6.04 Å². The lowest BCUT2D eigenvalue weighted by atomic mass is 9.97. The van der Waals surface area contributed by atoms with Crippen LogP contribution in [0.25, 0.3) is 10.9 Å². The van der Waals surface area contributed by atoms with E-state index in [0.717, 1.165) is 27.8 Å². The van der Waals surface area contributed by atoms with Gasteiger partial charge in [0.2, 0.25) is 5.91 Å². The number of amides is 2. The van der Waals surface area contributed by atoms with Gasteiger partial charge in [-0.25, -0.2) is 0 Å². The topological polar surface area (TPSA) is 78.3 Å². The standard InChI is InChI=1S/C25H23N3O3/c1-15-11-12-17(31-15)13-27-24(29)16(2)28-23(19-8-3-4-9-20(19)25(28)30)21-14-26-22-10-6-5-7-18(21)22/h3-12,14,16,23,26H,13H2,1-2H3,(H,27,29)/t16-,23-/m1/s1. The average molecular weight is 413 g/mol. The summed E-state index contributed by atoms with van der Waals surface area (Å²) in [6, 6.07) is 18.3. The number of furan rings is 1. The Morgan fingerprint density at radius 3 is 2.68 bits per heavy atom. The molecule has 1 aliphatic rings. The van der Waals surface area contributed by atoms with Crippen LogP contribution in [-0.4, -0.2) is 27.7 Å². The Hall–Kier alpha value is -3.80. The maximum absolute atomic E-state index is 13.4. The molecular weight excluding hydrogens is 390 g/mol. The van der Waals surface area contributed by atoms with E-state index in [1.807, 2.05) is 73.8 Å². The van der Waals surface area contributed by atoms with E-state index in [0.29, 0.717) is 11.3 Å². The van der Waals surface area contributed by atoms with Gasteiger partial charge in [0, 0.05) is 28.2 Å². The molecule has 3 heterocycles. The maximum Gasteiger partial charge on any atom is 0.255 e. The zero-order chi connectivity index (χ0) is 21.5. The highest BCUT2D eigenvalue weighted by molar-refractivity contribution is 6.03. The molecule has 0 bridgehead atoms. The van der Waals surface area contributed by atoms with Crippen molar-refractivity contribution in [2.75, 3.05) is 0 Å². The first kappa shape index (κ1) is 19.2. The molecule has 0 saturated heterocycles. The van der Waals surface area contributed by atoms with Gasteiger partial charge in [0.1, 0.15) is 17.6 Å². The molecule has 0 aliphatic carbocycles. The fraction of sp³-hybridized carbons (Fsp3) is 0.200. The summed E-state index contributed by atoms with van der Waals surface area (Å²) in [6.07, 6.45) is 1.94.